The topological polar surface area (TPSA) is 123 Å². The molecule has 1 fully saturated rings. The van der Waals surface area contributed by atoms with E-state index in [2.05, 4.69) is 10.3 Å². The number of nitrogen functional groups attached to an aromatic ring is 1. The van der Waals surface area contributed by atoms with Crippen molar-refractivity contribution in [3.05, 3.63) is 63.1 Å². The Morgan fingerprint density at radius 2 is 1.89 bits per heavy atom. The van der Waals surface area contributed by atoms with E-state index in [0.717, 1.165) is 25.1 Å². The fourth-order valence-electron chi connectivity index (χ4n) is 3.08. The third-order valence-electron chi connectivity index (χ3n) is 4.76. The summed E-state index contributed by atoms with van der Waals surface area (Å²) in [7, 11) is 0. The van der Waals surface area contributed by atoms with Crippen LogP contribution in [0.25, 0.3) is 0 Å². The molecule has 2 aromatic rings. The smallest absolute Gasteiger partial charge is 0.250 e. The summed E-state index contributed by atoms with van der Waals surface area (Å²) in [6.07, 6.45) is 1.16. The number of hydrogen-bond donors (Lipinski definition) is 4. The number of hydrogen-bond acceptors (Lipinski definition) is 5. The molecule has 7 nitrogen and oxygen atoms in total. The molecule has 0 bridgehead atoms. The highest BCUT2D eigenvalue weighted by Gasteiger charge is 2.22. The summed E-state index contributed by atoms with van der Waals surface area (Å²) >= 11 is 12.3. The zero-order valence-corrected chi connectivity index (χ0v) is 16.7. The lowest BCUT2D eigenvalue weighted by Gasteiger charge is -2.33. The summed E-state index contributed by atoms with van der Waals surface area (Å²) in [6, 6.07) is 10.2. The summed E-state index contributed by atoms with van der Waals surface area (Å²) in [5, 5.41) is 0.938. The number of nitrogens with zero attached hydrogens (tertiary/aromatic N) is 2. The van der Waals surface area contributed by atoms with E-state index < -0.39 is 5.91 Å². The van der Waals surface area contributed by atoms with Crippen LogP contribution >= 0.6 is 23.2 Å². The van der Waals surface area contributed by atoms with Gasteiger partial charge in [-0.25, -0.2) is 5.84 Å². The second-order valence-corrected chi connectivity index (χ2v) is 7.41. The second-order valence-electron chi connectivity index (χ2n) is 6.60. The van der Waals surface area contributed by atoms with Crippen molar-refractivity contribution in [3.8, 4) is 0 Å². The molecule has 28 heavy (non-hydrogen) atoms. The molecule has 1 atom stereocenters. The molecule has 148 valence electrons. The van der Waals surface area contributed by atoms with Gasteiger partial charge in [0.2, 0.25) is 0 Å². The van der Waals surface area contributed by atoms with Gasteiger partial charge in [-0.3, -0.25) is 9.79 Å². The van der Waals surface area contributed by atoms with Crippen molar-refractivity contribution in [3.63, 3.8) is 0 Å². The summed E-state index contributed by atoms with van der Waals surface area (Å²) in [6.45, 7) is 2.72. The van der Waals surface area contributed by atoms with Gasteiger partial charge in [0.05, 0.1) is 27.3 Å². The number of primary amides is 1. The largest absolute Gasteiger partial charge is 0.397 e. The number of anilines is 1. The summed E-state index contributed by atoms with van der Waals surface area (Å²) < 4.78 is 0. The monoisotopic (exact) mass is 420 g/mol. The molecule has 1 aliphatic rings. The van der Waals surface area contributed by atoms with E-state index in [1.807, 2.05) is 6.07 Å². The van der Waals surface area contributed by atoms with E-state index in [1.165, 1.54) is 0 Å². The van der Waals surface area contributed by atoms with Gasteiger partial charge in [-0.1, -0.05) is 35.3 Å². The summed E-state index contributed by atoms with van der Waals surface area (Å²) in [5.41, 5.74) is 16.0. The van der Waals surface area contributed by atoms with Gasteiger partial charge < -0.3 is 21.8 Å². The van der Waals surface area contributed by atoms with Gasteiger partial charge in [0.15, 0.2) is 0 Å². The molecule has 1 heterocycles. The Morgan fingerprint density at radius 3 is 2.46 bits per heavy atom. The molecule has 9 heteroatoms. The maximum absolute atomic E-state index is 11.6. The van der Waals surface area contributed by atoms with Crippen LogP contribution < -0.4 is 22.7 Å². The first-order valence-electron chi connectivity index (χ1n) is 8.81. The standard InChI is InChI=1S/C19H22Cl2N6O/c20-14-6-5-11(9-15(14)21)16(10-27-7-2-8-27)25-19(26-24)13-4-1-3-12(17(13)22)18(23)28/h1,3-6,9,16H,2,7-8,10,22,24H2,(H2,23,28)(H,25,26). The van der Waals surface area contributed by atoms with Crippen molar-refractivity contribution < 1.29 is 4.79 Å². The molecule has 0 spiro atoms. The van der Waals surface area contributed by atoms with Crippen LogP contribution in [-0.4, -0.2) is 36.3 Å². The summed E-state index contributed by atoms with van der Waals surface area (Å²) in [5.74, 6) is 5.49. The minimum atomic E-state index is -0.614. The molecule has 3 rings (SSSR count). The third-order valence-corrected chi connectivity index (χ3v) is 5.50. The van der Waals surface area contributed by atoms with Crippen molar-refractivity contribution in [1.82, 2.24) is 10.3 Å². The fourth-order valence-corrected chi connectivity index (χ4v) is 3.38. The Hall–Kier alpha value is -2.32. The lowest BCUT2D eigenvalue weighted by atomic mass is 10.0. The second kappa shape index (κ2) is 8.79. The summed E-state index contributed by atoms with van der Waals surface area (Å²) in [4.78, 5) is 18.7. The molecular weight excluding hydrogens is 399 g/mol. The van der Waals surface area contributed by atoms with Crippen LogP contribution in [0.15, 0.2) is 41.4 Å². The fraction of sp³-hybridized carbons (Fsp3) is 0.263. The number of carbonyl (C=O) groups is 1. The molecule has 1 aliphatic heterocycles. The molecule has 2 aromatic carbocycles. The van der Waals surface area contributed by atoms with Crippen molar-refractivity contribution in [2.75, 3.05) is 25.4 Å². The van der Waals surface area contributed by atoms with Gasteiger partial charge in [0.1, 0.15) is 5.84 Å². The molecule has 7 N–H and O–H groups in total. The van der Waals surface area contributed by atoms with Gasteiger partial charge in [0.25, 0.3) is 5.91 Å². The first kappa shape index (κ1) is 20.4. The van der Waals surface area contributed by atoms with Crippen molar-refractivity contribution in [1.29, 1.82) is 0 Å². The maximum Gasteiger partial charge on any atom is 0.250 e. The van der Waals surface area contributed by atoms with Gasteiger partial charge in [0, 0.05) is 12.1 Å². The van der Waals surface area contributed by atoms with E-state index in [4.69, 9.17) is 45.5 Å². The van der Waals surface area contributed by atoms with E-state index in [0.29, 0.717) is 28.0 Å². The minimum Gasteiger partial charge on any atom is -0.397 e. The van der Waals surface area contributed by atoms with E-state index in [-0.39, 0.29) is 17.3 Å². The maximum atomic E-state index is 11.6. The number of carbonyl (C=O) groups excluding carboxylic acids is 1. The number of nitrogens with one attached hydrogen (secondary N) is 1. The van der Waals surface area contributed by atoms with E-state index in [1.54, 1.807) is 30.3 Å². The number of rotatable bonds is 6. The van der Waals surface area contributed by atoms with Crippen LogP contribution in [0.4, 0.5) is 5.69 Å². The number of benzene rings is 2. The number of nitrogens with two attached hydrogens (primary N) is 3. The van der Waals surface area contributed by atoms with Crippen molar-refractivity contribution in [2.24, 2.45) is 16.6 Å². The van der Waals surface area contributed by atoms with Gasteiger partial charge in [-0.2, -0.15) is 0 Å². The quantitative estimate of drug-likeness (QED) is 0.187. The molecule has 1 amide bonds. The SMILES string of the molecule is NNC(=NC(CN1CCC1)c1ccc(Cl)c(Cl)c1)c1cccc(C(N)=O)c1N. The number of hydrazine groups is 1. The molecule has 0 radical (unpaired) electrons. The first-order valence-corrected chi connectivity index (χ1v) is 9.56. The van der Waals surface area contributed by atoms with Crippen LogP contribution in [0, 0.1) is 0 Å². The van der Waals surface area contributed by atoms with Crippen LogP contribution in [-0.2, 0) is 0 Å². The van der Waals surface area contributed by atoms with Crippen LogP contribution in [0.1, 0.15) is 33.9 Å². The molecule has 1 unspecified atom stereocenters. The highest BCUT2D eigenvalue weighted by molar-refractivity contribution is 6.42. The van der Waals surface area contributed by atoms with Crippen LogP contribution in [0.5, 0.6) is 0 Å². The Bertz CT molecular complexity index is 913. The van der Waals surface area contributed by atoms with Gasteiger partial charge in [-0.15, -0.1) is 0 Å². The Balaban J connectivity index is 2.02. The lowest BCUT2D eigenvalue weighted by Crippen LogP contribution is -2.40. The highest BCUT2D eigenvalue weighted by atomic mass is 35.5. The Labute approximate surface area is 173 Å². The zero-order valence-electron chi connectivity index (χ0n) is 15.2. The first-order chi connectivity index (χ1) is 13.4. The number of halogens is 2. The van der Waals surface area contributed by atoms with E-state index >= 15 is 0 Å². The van der Waals surface area contributed by atoms with Crippen molar-refractivity contribution in [2.45, 2.75) is 12.5 Å². The number of likely N-dealkylation sites (tertiary alicyclic amines) is 1. The predicted molar refractivity (Wildman–Crippen MR) is 113 cm³/mol. The number of aliphatic imine (C=N–C) groups is 1. The van der Waals surface area contributed by atoms with Crippen molar-refractivity contribution >= 4 is 40.6 Å². The average molecular weight is 421 g/mol. The van der Waals surface area contributed by atoms with Gasteiger partial charge in [-0.05, 0) is 49.3 Å². The zero-order chi connectivity index (χ0) is 20.3. The normalized spacial score (nSPS) is 15.8. The lowest BCUT2D eigenvalue weighted by molar-refractivity contribution is 0.100. The molecular formula is C19H22Cl2N6O. The third kappa shape index (κ3) is 4.39. The van der Waals surface area contributed by atoms with Crippen LogP contribution in [0.3, 0.4) is 0 Å². The number of para-hydroxylation sites is 1. The Kier molecular flexibility index (Phi) is 6.41. The Morgan fingerprint density at radius 1 is 1.18 bits per heavy atom. The highest BCUT2D eigenvalue weighted by Crippen LogP contribution is 2.29. The molecule has 0 aromatic heterocycles. The molecule has 0 aliphatic carbocycles. The van der Waals surface area contributed by atoms with E-state index in [9.17, 15) is 4.79 Å². The number of amides is 1. The number of amidine groups is 1. The average Bonchev–Trinajstić information content (AvgIpc) is 2.63. The minimum absolute atomic E-state index is 0.217. The predicted octanol–water partition coefficient (Wildman–Crippen LogP) is 2.33. The molecule has 0 saturated carbocycles. The van der Waals surface area contributed by atoms with Crippen LogP contribution in [0.2, 0.25) is 10.0 Å². The molecule has 1 saturated heterocycles. The van der Waals surface area contributed by atoms with Gasteiger partial charge >= 0.3 is 0 Å².